The maximum absolute atomic E-state index is 12.8. The Morgan fingerprint density at radius 3 is 2.28 bits per heavy atom. The van der Waals surface area contributed by atoms with E-state index >= 15 is 0 Å². The van der Waals surface area contributed by atoms with Gasteiger partial charge in [0.25, 0.3) is 11.8 Å². The van der Waals surface area contributed by atoms with Gasteiger partial charge in [0.1, 0.15) is 12.3 Å². The van der Waals surface area contributed by atoms with E-state index in [1.807, 2.05) is 0 Å². The summed E-state index contributed by atoms with van der Waals surface area (Å²) in [7, 11) is 7.69. The van der Waals surface area contributed by atoms with E-state index in [0.29, 0.717) is 39.9 Å². The lowest BCUT2D eigenvalue weighted by molar-refractivity contribution is -0.123. The largest absolute Gasteiger partial charge is 0.493 e. The third kappa shape index (κ3) is 4.53. The van der Waals surface area contributed by atoms with Crippen LogP contribution in [0.4, 0.5) is 11.4 Å². The van der Waals surface area contributed by atoms with Gasteiger partial charge >= 0.3 is 0 Å². The number of benzene rings is 2. The molecule has 32 heavy (non-hydrogen) atoms. The molecule has 0 bridgehead atoms. The number of carbonyl (C=O) groups is 3. The van der Waals surface area contributed by atoms with Crippen LogP contribution in [0.5, 0.6) is 23.0 Å². The zero-order valence-corrected chi connectivity index (χ0v) is 18.6. The molecular weight excluding hydrogens is 418 g/mol. The van der Waals surface area contributed by atoms with Gasteiger partial charge in [-0.1, -0.05) is 0 Å². The van der Waals surface area contributed by atoms with Crippen LogP contribution in [-0.4, -0.2) is 71.2 Å². The van der Waals surface area contributed by atoms with Crippen molar-refractivity contribution in [3.63, 3.8) is 0 Å². The molecule has 0 saturated carbocycles. The lowest BCUT2D eigenvalue weighted by Gasteiger charge is -2.29. The summed E-state index contributed by atoms with van der Waals surface area (Å²) < 4.78 is 21.3. The van der Waals surface area contributed by atoms with E-state index in [2.05, 4.69) is 5.32 Å². The van der Waals surface area contributed by atoms with Crippen LogP contribution in [0, 0.1) is 0 Å². The summed E-state index contributed by atoms with van der Waals surface area (Å²) >= 11 is 0. The highest BCUT2D eigenvalue weighted by molar-refractivity contribution is 6.06. The number of hydrogen-bond acceptors (Lipinski definition) is 7. The average molecular weight is 443 g/mol. The van der Waals surface area contributed by atoms with Crippen molar-refractivity contribution in [2.24, 2.45) is 0 Å². The second kappa shape index (κ2) is 9.46. The molecule has 3 amide bonds. The number of methoxy groups -OCH3 is 3. The molecule has 1 aliphatic heterocycles. The molecule has 0 atom stereocenters. The van der Waals surface area contributed by atoms with E-state index < -0.39 is 11.8 Å². The van der Waals surface area contributed by atoms with Crippen LogP contribution in [0.2, 0.25) is 0 Å². The van der Waals surface area contributed by atoms with E-state index in [0.717, 1.165) is 0 Å². The molecule has 1 heterocycles. The number of fused-ring (bicyclic) bond motifs is 1. The minimum Gasteiger partial charge on any atom is -0.493 e. The molecule has 0 radical (unpaired) electrons. The van der Waals surface area contributed by atoms with E-state index in [-0.39, 0.29) is 19.1 Å². The predicted molar refractivity (Wildman–Crippen MR) is 117 cm³/mol. The van der Waals surface area contributed by atoms with Crippen molar-refractivity contribution < 1.29 is 33.3 Å². The summed E-state index contributed by atoms with van der Waals surface area (Å²) in [6.45, 7) is -0.475. The number of carbonyl (C=O) groups excluding carboxylic acids is 3. The van der Waals surface area contributed by atoms with Gasteiger partial charge in [-0.25, -0.2) is 0 Å². The number of ether oxygens (including phenoxy) is 4. The highest BCUT2D eigenvalue weighted by Gasteiger charge is 2.29. The second-order valence-corrected chi connectivity index (χ2v) is 7.11. The van der Waals surface area contributed by atoms with Crippen LogP contribution in [-0.2, 0) is 9.59 Å². The summed E-state index contributed by atoms with van der Waals surface area (Å²) in [5.74, 6) is 0.483. The molecule has 2 aromatic rings. The number of nitrogens with zero attached hydrogens (tertiary/aromatic N) is 2. The fourth-order valence-electron chi connectivity index (χ4n) is 3.26. The number of nitrogens with one attached hydrogen (secondary N) is 1. The van der Waals surface area contributed by atoms with Gasteiger partial charge in [0.2, 0.25) is 11.7 Å². The monoisotopic (exact) mass is 443 g/mol. The van der Waals surface area contributed by atoms with Crippen molar-refractivity contribution in [1.82, 2.24) is 4.90 Å². The fourth-order valence-corrected chi connectivity index (χ4v) is 3.26. The second-order valence-electron chi connectivity index (χ2n) is 7.11. The Morgan fingerprint density at radius 2 is 1.72 bits per heavy atom. The molecule has 1 N–H and O–H groups in total. The van der Waals surface area contributed by atoms with Crippen molar-refractivity contribution in [1.29, 1.82) is 0 Å². The summed E-state index contributed by atoms with van der Waals surface area (Å²) in [6.07, 6.45) is 0. The molecule has 1 aliphatic rings. The molecule has 0 aromatic heterocycles. The molecular formula is C22H25N3O7. The summed E-state index contributed by atoms with van der Waals surface area (Å²) in [6, 6.07) is 7.94. The Hall–Kier alpha value is -3.95. The molecule has 0 fully saturated rings. The van der Waals surface area contributed by atoms with Crippen molar-refractivity contribution in [2.45, 2.75) is 0 Å². The van der Waals surface area contributed by atoms with Crippen molar-refractivity contribution in [3.8, 4) is 23.0 Å². The SMILES string of the molecule is COc1cc(NC(=O)CN2C(=O)COc3ccc(C(=O)N(C)C)cc32)cc(OC)c1OC. The number of amides is 3. The average Bonchev–Trinajstić information content (AvgIpc) is 2.79. The molecule has 0 spiro atoms. The van der Waals surface area contributed by atoms with Gasteiger partial charge in [-0.2, -0.15) is 0 Å². The van der Waals surface area contributed by atoms with Gasteiger partial charge in [0.15, 0.2) is 18.1 Å². The topological polar surface area (TPSA) is 107 Å². The minimum atomic E-state index is -0.454. The molecule has 0 unspecified atom stereocenters. The lowest BCUT2D eigenvalue weighted by atomic mass is 10.1. The summed E-state index contributed by atoms with van der Waals surface area (Å²) in [4.78, 5) is 40.3. The maximum Gasteiger partial charge on any atom is 0.265 e. The molecule has 2 aromatic carbocycles. The van der Waals surface area contributed by atoms with Crippen molar-refractivity contribution >= 4 is 29.1 Å². The van der Waals surface area contributed by atoms with E-state index in [1.165, 1.54) is 31.1 Å². The van der Waals surface area contributed by atoms with Crippen molar-refractivity contribution in [2.75, 3.05) is 58.8 Å². The third-order valence-corrected chi connectivity index (χ3v) is 4.81. The summed E-state index contributed by atoms with van der Waals surface area (Å²) in [5, 5.41) is 2.73. The Balaban J connectivity index is 1.85. The highest BCUT2D eigenvalue weighted by atomic mass is 16.5. The fraction of sp³-hybridized carbons (Fsp3) is 0.318. The van der Waals surface area contributed by atoms with Gasteiger partial charge in [-0.15, -0.1) is 0 Å². The Bertz CT molecular complexity index is 1030. The van der Waals surface area contributed by atoms with Crippen LogP contribution >= 0.6 is 0 Å². The molecule has 10 heteroatoms. The maximum atomic E-state index is 12.8. The standard InChI is InChI=1S/C22H25N3O7/c1-24(2)22(28)13-6-7-16-15(8-13)25(20(27)12-32-16)11-19(26)23-14-9-17(29-3)21(31-5)18(10-14)30-4/h6-10H,11-12H2,1-5H3,(H,23,26). The van der Waals surface area contributed by atoms with Gasteiger partial charge in [0, 0.05) is 37.5 Å². The van der Waals surface area contributed by atoms with Crippen LogP contribution in [0.15, 0.2) is 30.3 Å². The normalized spacial score (nSPS) is 12.4. The first kappa shape index (κ1) is 22.7. The first-order valence-electron chi connectivity index (χ1n) is 9.67. The van der Waals surface area contributed by atoms with E-state index in [9.17, 15) is 14.4 Å². The minimum absolute atomic E-state index is 0.203. The van der Waals surface area contributed by atoms with Gasteiger partial charge < -0.3 is 29.2 Å². The quantitative estimate of drug-likeness (QED) is 0.695. The smallest absolute Gasteiger partial charge is 0.265 e. The Labute approximate surface area is 185 Å². The van der Waals surface area contributed by atoms with E-state index in [4.69, 9.17) is 18.9 Å². The van der Waals surface area contributed by atoms with Crippen LogP contribution in [0.1, 0.15) is 10.4 Å². The molecule has 0 saturated heterocycles. The molecule has 0 aliphatic carbocycles. The van der Waals surface area contributed by atoms with Crippen LogP contribution in [0.25, 0.3) is 0 Å². The van der Waals surface area contributed by atoms with Crippen LogP contribution in [0.3, 0.4) is 0 Å². The Kier molecular flexibility index (Phi) is 6.72. The van der Waals surface area contributed by atoms with Crippen molar-refractivity contribution in [3.05, 3.63) is 35.9 Å². The van der Waals surface area contributed by atoms with Gasteiger partial charge in [-0.3, -0.25) is 19.3 Å². The van der Waals surface area contributed by atoms with Gasteiger partial charge in [-0.05, 0) is 18.2 Å². The first-order valence-corrected chi connectivity index (χ1v) is 9.67. The van der Waals surface area contributed by atoms with Crippen LogP contribution < -0.4 is 29.2 Å². The number of hydrogen-bond donors (Lipinski definition) is 1. The zero-order chi connectivity index (χ0) is 23.4. The Morgan fingerprint density at radius 1 is 1.06 bits per heavy atom. The summed E-state index contributed by atoms with van der Waals surface area (Å²) in [5.41, 5.74) is 1.14. The molecule has 3 rings (SSSR count). The first-order chi connectivity index (χ1) is 15.3. The highest BCUT2D eigenvalue weighted by Crippen LogP contribution is 2.40. The zero-order valence-electron chi connectivity index (χ0n) is 18.6. The molecule has 170 valence electrons. The van der Waals surface area contributed by atoms with Gasteiger partial charge in [0.05, 0.1) is 27.0 Å². The predicted octanol–water partition coefficient (Wildman–Crippen LogP) is 1.78. The lowest BCUT2D eigenvalue weighted by Crippen LogP contribution is -2.43. The number of anilines is 2. The third-order valence-electron chi connectivity index (χ3n) is 4.81. The van der Waals surface area contributed by atoms with E-state index in [1.54, 1.807) is 44.4 Å². The molecule has 10 nitrogen and oxygen atoms in total. The number of rotatable bonds is 7.